The van der Waals surface area contributed by atoms with Gasteiger partial charge < -0.3 is 20.1 Å². The number of hydrogen-bond donors (Lipinski definition) is 3. The first kappa shape index (κ1) is 140. The van der Waals surface area contributed by atoms with E-state index in [1.807, 2.05) is 26.0 Å². The molecule has 0 spiro atoms. The van der Waals surface area contributed by atoms with Crippen molar-refractivity contribution in [3.8, 4) is 0 Å². The highest BCUT2D eigenvalue weighted by Crippen LogP contribution is 3.42. The summed E-state index contributed by atoms with van der Waals surface area (Å²) in [5.41, 5.74) is -2.24. The van der Waals surface area contributed by atoms with Gasteiger partial charge in [0.2, 0.25) is 0 Å². The number of carbonyl (C=O) groups is 3. The molecule has 6 saturated carbocycles. The van der Waals surface area contributed by atoms with Crippen LogP contribution in [0.1, 0.15) is 134 Å². The Morgan fingerprint density at radius 2 is 0.624 bits per heavy atom. The second-order valence-corrected chi connectivity index (χ2v) is 299. The summed E-state index contributed by atoms with van der Waals surface area (Å²) in [6, 6.07) is 0. The van der Waals surface area contributed by atoms with Gasteiger partial charge in [0, 0.05) is 59.2 Å². The number of aliphatic hydroxyl groups is 3. The third kappa shape index (κ3) is 37.0. The molecule has 57 atom stereocenters. The number of carbonyl (C=O) groups excluding carboxylic acids is 3. The van der Waals surface area contributed by atoms with Crippen molar-refractivity contribution >= 4 is 555 Å². The maximum absolute atomic E-state index is 13.0. The molecule has 41 unspecified atom stereocenters. The molecule has 6 fully saturated rings. The number of ether oxygens (including phenoxy) is 1. The second-order valence-electron chi connectivity index (χ2n) is 29.2. The molecule has 0 saturated heterocycles. The Labute approximate surface area is 830 Å². The lowest BCUT2D eigenvalue weighted by Gasteiger charge is -2.61. The van der Waals surface area contributed by atoms with Crippen molar-refractivity contribution in [2.75, 3.05) is 0 Å². The molecular formula is C43H141O7P67. The summed E-state index contributed by atoms with van der Waals surface area (Å²) in [6.45, 7) is 25.2. The first-order chi connectivity index (χ1) is 53.1. The molecule has 7 nitrogen and oxygen atoms in total. The quantitative estimate of drug-likeness (QED) is 0.0340. The van der Waals surface area contributed by atoms with Crippen LogP contribution in [0.2, 0.25) is 0 Å². The number of Topliss-reactive ketones (excluding diaryl/α,β-unsaturated/α-hetero) is 2. The molecule has 0 aromatic rings. The maximum atomic E-state index is 13.0. The third-order valence-electron chi connectivity index (χ3n) is 22.5. The van der Waals surface area contributed by atoms with E-state index in [2.05, 4.69) is 367 Å². The monoisotopic (exact) mass is 2850 g/mol. The third-order valence-corrected chi connectivity index (χ3v) is 468. The summed E-state index contributed by atoms with van der Waals surface area (Å²) in [5, 5.41) is 33.7. The fourth-order valence-corrected chi connectivity index (χ4v) is 917. The molecule has 0 aromatic carbocycles. The number of hydrogen-bond acceptors (Lipinski definition) is 7. The summed E-state index contributed by atoms with van der Waals surface area (Å²) in [6.07, 6.45) is 9.26. The lowest BCUT2D eigenvalue weighted by Crippen LogP contribution is -2.62. The van der Waals surface area contributed by atoms with E-state index < -0.39 is 40.0 Å². The molecule has 0 radical (unpaired) electrons. The van der Waals surface area contributed by atoms with E-state index in [4.69, 9.17) is 4.74 Å². The molecule has 0 aliphatic heterocycles. The molecule has 690 valence electrons. The number of aliphatic hydroxyl groups excluding tert-OH is 3. The van der Waals surface area contributed by atoms with Crippen LogP contribution in [0, 0.1) is 68.0 Å². The zero-order valence-corrected chi connectivity index (χ0v) is 136. The van der Waals surface area contributed by atoms with Crippen LogP contribution in [0.5, 0.6) is 0 Å². The molecule has 0 heterocycles. The summed E-state index contributed by atoms with van der Waals surface area (Å²) < 4.78 is 5.85. The second kappa shape index (κ2) is 66.0. The first-order valence-corrected chi connectivity index (χ1v) is 155. The van der Waals surface area contributed by atoms with Crippen LogP contribution in [0.4, 0.5) is 0 Å². The average molecular weight is 2850 g/mol. The molecule has 74 heteroatoms. The average Bonchev–Trinajstić information content (AvgIpc) is 1.61. The van der Waals surface area contributed by atoms with Gasteiger partial charge in [-0.1, -0.05) is 82.9 Å². The van der Waals surface area contributed by atoms with E-state index in [-0.39, 0.29) is 282 Å². The SMILES string of the molecule is C.C=C[C@]1(C)C[C@@H](O)[C@]2(C)[C@H](C)CC[C@]3(CCC(=O)[C@H]32)[C@@H](C)[C@@H]1O.C=C[C@]1(C)C[C@@H](O)[C@]2(C)[C@H](C)CC[C@]3(CCC(=O)[C@H]32)[C@@H](C)[C@@H]1OC(C)=O.PP(P)P(P(P)P)P(P(P)P)P(P(P(P)P)P(P)P)P(P(P(P)P)P(P)P)P(P(P)P)P(P)P.PPP(P(P)P)P(P(P)P)P(P(P(P)P)P(P)P)P(P(P(P)P)P(P)P)P(P(P)P)P(P)P. The van der Waals surface area contributed by atoms with Crippen LogP contribution in [0.15, 0.2) is 25.3 Å². The molecule has 6 rings (SSSR count). The summed E-state index contributed by atoms with van der Waals surface area (Å²) in [4.78, 5) is 37.8. The van der Waals surface area contributed by atoms with Gasteiger partial charge in [-0.3, -0.25) is 14.4 Å². The van der Waals surface area contributed by atoms with E-state index in [9.17, 15) is 29.7 Å². The molecular weight excluding hydrogens is 2700 g/mol. The van der Waals surface area contributed by atoms with Gasteiger partial charge in [0.05, 0.1) is 18.3 Å². The van der Waals surface area contributed by atoms with Gasteiger partial charge in [0.25, 0.3) is 0 Å². The number of esters is 1. The van der Waals surface area contributed by atoms with Crippen LogP contribution in [0.25, 0.3) is 0 Å². The van der Waals surface area contributed by atoms with Gasteiger partial charge >= 0.3 is 5.97 Å². The summed E-state index contributed by atoms with van der Waals surface area (Å²) in [5.74, 6) is 0.691. The predicted octanol–water partition coefficient (Wildman–Crippen LogP) is 46.6. The standard InChI is InChI=1S/C22H34O4.C20H32O3.CH4.H36P34.H35P33/c1-7-20(5)12-17(25)21(6)13(2)8-10-22(11-9-16(24)18(21)22)14(3)19(20)26-15(4)23;1-6-18(4)11-15(22)19(5)12(2)7-9-20(13(3)17(18)23)10-8-14(21)16(19)20;;1-19(2)28(20(3)4)32(27(17)18)34(31(25(13)14)26(15)16)33(29(21(5)6)22(7)8)30(23(9)10)24(11)12;1-18-27(19(2)3)31(26(16)17)33(30(24(12)13)25(14)15)32(28(20(4)5)21(6)7)29(22(8)9)23(10)11/h7,13-14,17-19,25H,1,8-12H2,2-6H3;6,12-13,15-17,22-23H,1,7-11H2,2-5H3;1H4;1-18H2;18H,1-17H2/t13-,14+,17-,18+,19+,20-,21+,22+;12-,13+,15-,16+,17+,18-,19+,20+;;;/m11.../s1. The first-order valence-electron chi connectivity index (χ1n) is 34.3. The highest BCUT2D eigenvalue weighted by atomic mass is 33.5. The summed E-state index contributed by atoms with van der Waals surface area (Å²) >= 11 is 0. The minimum atomic E-state index is -0.627. The number of rotatable bonds is 33. The van der Waals surface area contributed by atoms with E-state index in [1.54, 1.807) is 0 Å². The van der Waals surface area contributed by atoms with Crippen molar-refractivity contribution in [1.29, 1.82) is 0 Å². The zero-order chi connectivity index (χ0) is 90.3. The van der Waals surface area contributed by atoms with Crippen molar-refractivity contribution in [2.45, 2.75) is 158 Å². The largest absolute Gasteiger partial charge is 0.461 e. The highest BCUT2D eigenvalue weighted by Gasteiger charge is 2.70. The summed E-state index contributed by atoms with van der Waals surface area (Å²) in [7, 11) is 117. The van der Waals surface area contributed by atoms with Gasteiger partial charge in [-0.05, 0) is 297 Å². The predicted molar refractivity (Wildman–Crippen MR) is 760 cm³/mol. The fraction of sp³-hybridized carbons (Fsp3) is 0.837. The van der Waals surface area contributed by atoms with E-state index >= 15 is 0 Å². The minimum absolute atomic E-state index is 0. The Morgan fingerprint density at radius 3 is 0.863 bits per heavy atom. The Balaban J connectivity index is 0.000000532. The van der Waals surface area contributed by atoms with Crippen molar-refractivity contribution in [3.63, 3.8) is 0 Å². The maximum Gasteiger partial charge on any atom is 0.302 e. The van der Waals surface area contributed by atoms with Crippen molar-refractivity contribution in [1.82, 2.24) is 0 Å². The molecule has 4 bridgehead atoms. The Morgan fingerprint density at radius 1 is 0.385 bits per heavy atom. The van der Waals surface area contributed by atoms with Crippen LogP contribution >= 0.6 is 537 Å². The van der Waals surface area contributed by atoms with E-state index in [0.29, 0.717) is 37.4 Å². The topological polar surface area (TPSA) is 121 Å². The molecule has 6 aliphatic carbocycles. The normalized spacial score (nSPS) is 31.9. The van der Waals surface area contributed by atoms with Gasteiger partial charge in [-0.2, -0.15) is 0 Å². The van der Waals surface area contributed by atoms with Crippen molar-refractivity contribution in [2.24, 2.45) is 68.0 Å². The molecule has 117 heavy (non-hydrogen) atoms. The Kier molecular flexibility index (Phi) is 79.0. The lowest BCUT2D eigenvalue weighted by atomic mass is 9.44. The van der Waals surface area contributed by atoms with Gasteiger partial charge in [-0.25, -0.2) is 0 Å². The van der Waals surface area contributed by atoms with Crippen molar-refractivity contribution < 1.29 is 34.4 Å². The van der Waals surface area contributed by atoms with Crippen LogP contribution in [0.3, 0.4) is 0 Å². The molecule has 0 amide bonds. The molecule has 6 aliphatic rings. The number of ketones is 2. The van der Waals surface area contributed by atoms with Gasteiger partial charge in [-0.15, -0.1) is 326 Å². The highest BCUT2D eigenvalue weighted by molar-refractivity contribution is 9.48. The van der Waals surface area contributed by atoms with Crippen molar-refractivity contribution in [3.05, 3.63) is 25.3 Å². The van der Waals surface area contributed by atoms with Crippen LogP contribution < -0.4 is 0 Å². The van der Waals surface area contributed by atoms with Crippen LogP contribution in [-0.2, 0) is 19.1 Å². The zero-order valence-electron chi connectivity index (χ0n) is 66.5. The van der Waals surface area contributed by atoms with Crippen LogP contribution in [-0.4, -0.2) is 57.3 Å². The molecule has 3 N–H and O–H groups in total. The van der Waals surface area contributed by atoms with Gasteiger partial charge in [0.15, 0.2) is 0 Å². The van der Waals surface area contributed by atoms with Gasteiger partial charge in [0.1, 0.15) is 17.7 Å². The van der Waals surface area contributed by atoms with E-state index in [1.165, 1.54) is 6.92 Å². The molecule has 0 aromatic heterocycles. The lowest BCUT2D eigenvalue weighted by molar-refractivity contribution is -0.202. The minimum Gasteiger partial charge on any atom is -0.461 e. The Bertz CT molecular complexity index is 2970. The fourth-order valence-electron chi connectivity index (χ4n) is 16.8. The Hall–Kier alpha value is 27.0. The smallest absolute Gasteiger partial charge is 0.302 e. The van der Waals surface area contributed by atoms with E-state index in [0.717, 1.165) is 46.5 Å².